The fraction of sp³-hybridized carbons (Fsp3) is 0.417. The van der Waals surface area contributed by atoms with Crippen LogP contribution < -0.4 is 4.74 Å². The Balaban J connectivity index is 2.57. The van der Waals surface area contributed by atoms with E-state index in [9.17, 15) is 14.9 Å². The van der Waals surface area contributed by atoms with Crippen molar-refractivity contribution in [2.24, 2.45) is 5.92 Å². The van der Waals surface area contributed by atoms with Crippen LogP contribution in [0, 0.1) is 16.0 Å². The summed E-state index contributed by atoms with van der Waals surface area (Å²) in [5, 5.41) is 10.4. The first-order valence-corrected chi connectivity index (χ1v) is 5.48. The molecule has 17 heavy (non-hydrogen) atoms. The summed E-state index contributed by atoms with van der Waals surface area (Å²) >= 11 is 0. The van der Waals surface area contributed by atoms with Crippen LogP contribution in [0.5, 0.6) is 5.75 Å². The van der Waals surface area contributed by atoms with Crippen LogP contribution in [0.3, 0.4) is 0 Å². The maximum Gasteiger partial charge on any atom is 0.311 e. The van der Waals surface area contributed by atoms with Gasteiger partial charge < -0.3 is 4.74 Å². The van der Waals surface area contributed by atoms with E-state index in [1.54, 1.807) is 0 Å². The van der Waals surface area contributed by atoms with E-state index in [2.05, 4.69) is 0 Å². The molecule has 0 heterocycles. The third-order valence-corrected chi connectivity index (χ3v) is 2.49. The van der Waals surface area contributed by atoms with Crippen molar-refractivity contribution >= 4 is 11.7 Å². The minimum atomic E-state index is -0.495. The lowest BCUT2D eigenvalue weighted by Gasteiger charge is -2.07. The number of carbonyl (C=O) groups excluding carboxylic acids is 1. The van der Waals surface area contributed by atoms with Gasteiger partial charge in [-0.1, -0.05) is 20.3 Å². The van der Waals surface area contributed by atoms with Gasteiger partial charge in [0, 0.05) is 18.6 Å². The average Bonchev–Trinajstić information content (AvgIpc) is 2.29. The third-order valence-electron chi connectivity index (χ3n) is 2.49. The molecule has 1 atom stereocenters. The number of hydrogen-bond donors (Lipinski definition) is 0. The molecule has 0 spiro atoms. The number of carbonyl (C=O) groups is 1. The van der Waals surface area contributed by atoms with Gasteiger partial charge in [-0.15, -0.1) is 0 Å². The molecular weight excluding hydrogens is 222 g/mol. The van der Waals surface area contributed by atoms with E-state index in [0.29, 0.717) is 12.2 Å². The molecule has 1 rings (SSSR count). The molecule has 1 aromatic rings. The SMILES string of the molecule is CC[C@@H](C)CC(=O)Oc1ccc([N+](=O)[O-])cc1. The number of benzene rings is 1. The molecule has 0 aliphatic carbocycles. The summed E-state index contributed by atoms with van der Waals surface area (Å²) in [6.07, 6.45) is 1.27. The Hall–Kier alpha value is -1.91. The number of ether oxygens (including phenoxy) is 1. The van der Waals surface area contributed by atoms with E-state index in [1.165, 1.54) is 24.3 Å². The summed E-state index contributed by atoms with van der Waals surface area (Å²) in [6, 6.07) is 5.47. The molecule has 0 fully saturated rings. The summed E-state index contributed by atoms with van der Waals surface area (Å²) in [5.41, 5.74) is -0.0216. The summed E-state index contributed by atoms with van der Waals surface area (Å²) in [7, 11) is 0. The predicted octanol–water partition coefficient (Wildman–Crippen LogP) is 2.94. The van der Waals surface area contributed by atoms with Gasteiger partial charge in [-0.25, -0.2) is 0 Å². The van der Waals surface area contributed by atoms with Gasteiger partial charge in [-0.3, -0.25) is 14.9 Å². The van der Waals surface area contributed by atoms with Crippen LogP contribution in [0.4, 0.5) is 5.69 Å². The Labute approximate surface area is 99.5 Å². The van der Waals surface area contributed by atoms with Crippen molar-refractivity contribution < 1.29 is 14.5 Å². The van der Waals surface area contributed by atoms with Crippen molar-refractivity contribution in [3.63, 3.8) is 0 Å². The highest BCUT2D eigenvalue weighted by Crippen LogP contribution is 2.18. The molecule has 92 valence electrons. The van der Waals surface area contributed by atoms with E-state index < -0.39 is 4.92 Å². The summed E-state index contributed by atoms with van der Waals surface area (Å²) < 4.78 is 5.06. The normalized spacial score (nSPS) is 11.9. The zero-order chi connectivity index (χ0) is 12.8. The Kier molecular flexibility index (Phi) is 4.63. The molecule has 5 heteroatoms. The van der Waals surface area contributed by atoms with E-state index in [0.717, 1.165) is 6.42 Å². The van der Waals surface area contributed by atoms with E-state index >= 15 is 0 Å². The Morgan fingerprint density at radius 2 is 2.00 bits per heavy atom. The molecule has 1 aromatic carbocycles. The minimum absolute atomic E-state index is 0.0216. The van der Waals surface area contributed by atoms with Crippen molar-refractivity contribution in [1.29, 1.82) is 0 Å². The quantitative estimate of drug-likeness (QED) is 0.341. The lowest BCUT2D eigenvalue weighted by Crippen LogP contribution is -2.11. The molecule has 0 unspecified atom stereocenters. The van der Waals surface area contributed by atoms with Gasteiger partial charge in [0.2, 0.25) is 0 Å². The van der Waals surface area contributed by atoms with Crippen LogP contribution in [-0.2, 0) is 4.79 Å². The zero-order valence-corrected chi connectivity index (χ0v) is 9.88. The van der Waals surface area contributed by atoms with Crippen molar-refractivity contribution in [2.45, 2.75) is 26.7 Å². The van der Waals surface area contributed by atoms with E-state index in [1.807, 2.05) is 13.8 Å². The molecule has 0 aromatic heterocycles. The molecule has 0 aliphatic heterocycles. The maximum atomic E-state index is 11.4. The smallest absolute Gasteiger partial charge is 0.311 e. The molecule has 0 radical (unpaired) electrons. The van der Waals surface area contributed by atoms with Crippen LogP contribution in [0.25, 0.3) is 0 Å². The van der Waals surface area contributed by atoms with Crippen LogP contribution in [0.15, 0.2) is 24.3 Å². The number of hydrogen-bond acceptors (Lipinski definition) is 4. The number of non-ortho nitro benzene ring substituents is 1. The second-order valence-electron chi connectivity index (χ2n) is 3.94. The van der Waals surface area contributed by atoms with Gasteiger partial charge in [0.1, 0.15) is 5.75 Å². The lowest BCUT2D eigenvalue weighted by molar-refractivity contribution is -0.384. The van der Waals surface area contributed by atoms with E-state index in [4.69, 9.17) is 4.74 Å². The first-order valence-electron chi connectivity index (χ1n) is 5.48. The number of nitro benzene ring substituents is 1. The van der Waals surface area contributed by atoms with Crippen molar-refractivity contribution in [1.82, 2.24) is 0 Å². The van der Waals surface area contributed by atoms with Crippen molar-refractivity contribution in [3.05, 3.63) is 34.4 Å². The highest BCUT2D eigenvalue weighted by molar-refractivity contribution is 5.72. The maximum absolute atomic E-state index is 11.4. The van der Waals surface area contributed by atoms with Crippen molar-refractivity contribution in [3.8, 4) is 5.75 Å². The number of nitrogens with zero attached hydrogens (tertiary/aromatic N) is 1. The van der Waals surface area contributed by atoms with Crippen LogP contribution >= 0.6 is 0 Å². The topological polar surface area (TPSA) is 69.4 Å². The second-order valence-corrected chi connectivity index (χ2v) is 3.94. The predicted molar refractivity (Wildman–Crippen MR) is 62.8 cm³/mol. The minimum Gasteiger partial charge on any atom is -0.427 e. The summed E-state index contributed by atoms with van der Waals surface area (Å²) in [4.78, 5) is 21.4. The van der Waals surface area contributed by atoms with Crippen molar-refractivity contribution in [2.75, 3.05) is 0 Å². The molecule has 0 saturated carbocycles. The highest BCUT2D eigenvalue weighted by atomic mass is 16.6. The van der Waals surface area contributed by atoms with Crippen LogP contribution in [-0.4, -0.2) is 10.9 Å². The fourth-order valence-electron chi connectivity index (χ4n) is 1.24. The van der Waals surface area contributed by atoms with Crippen LogP contribution in [0.2, 0.25) is 0 Å². The highest BCUT2D eigenvalue weighted by Gasteiger charge is 2.11. The first-order chi connectivity index (χ1) is 8.02. The second kappa shape index (κ2) is 5.98. The third kappa shape index (κ3) is 4.22. The lowest BCUT2D eigenvalue weighted by atomic mass is 10.1. The monoisotopic (exact) mass is 237 g/mol. The molecule has 5 nitrogen and oxygen atoms in total. The summed E-state index contributed by atoms with van der Waals surface area (Å²) in [6.45, 7) is 3.97. The number of nitro groups is 1. The zero-order valence-electron chi connectivity index (χ0n) is 9.88. The molecular formula is C12H15NO4. The molecule has 0 amide bonds. The Bertz CT molecular complexity index is 399. The molecule has 0 bridgehead atoms. The van der Waals surface area contributed by atoms with Gasteiger partial charge in [0.25, 0.3) is 5.69 Å². The van der Waals surface area contributed by atoms with Gasteiger partial charge >= 0.3 is 5.97 Å². The Morgan fingerprint density at radius 3 is 2.47 bits per heavy atom. The Morgan fingerprint density at radius 1 is 1.41 bits per heavy atom. The summed E-state index contributed by atoms with van der Waals surface area (Å²) in [5.74, 6) is 0.303. The molecule has 0 N–H and O–H groups in total. The first kappa shape index (κ1) is 13.2. The van der Waals surface area contributed by atoms with Crippen LogP contribution in [0.1, 0.15) is 26.7 Å². The number of rotatable bonds is 5. The van der Waals surface area contributed by atoms with Gasteiger partial charge in [-0.2, -0.15) is 0 Å². The van der Waals surface area contributed by atoms with Gasteiger partial charge in [0.05, 0.1) is 4.92 Å². The largest absolute Gasteiger partial charge is 0.427 e. The van der Waals surface area contributed by atoms with E-state index in [-0.39, 0.29) is 17.6 Å². The fourth-order valence-corrected chi connectivity index (χ4v) is 1.24. The molecule has 0 saturated heterocycles. The average molecular weight is 237 g/mol. The standard InChI is InChI=1S/C12H15NO4/c1-3-9(2)8-12(14)17-11-6-4-10(5-7-11)13(15)16/h4-7,9H,3,8H2,1-2H3/t9-/m1/s1. The number of esters is 1. The molecule has 0 aliphatic rings. The van der Waals surface area contributed by atoms with Gasteiger partial charge in [0.15, 0.2) is 0 Å². The van der Waals surface area contributed by atoms with Gasteiger partial charge in [-0.05, 0) is 18.1 Å².